The second-order valence-electron chi connectivity index (χ2n) is 6.67. The highest BCUT2D eigenvalue weighted by atomic mass is 35.5. The van der Waals surface area contributed by atoms with Crippen LogP contribution >= 0.6 is 11.6 Å². The Morgan fingerprint density at radius 3 is 2.59 bits per heavy atom. The first-order valence-electron chi connectivity index (χ1n) is 9.43. The van der Waals surface area contributed by atoms with E-state index in [-0.39, 0.29) is 12.0 Å². The van der Waals surface area contributed by atoms with E-state index in [1.165, 1.54) is 5.56 Å². The van der Waals surface area contributed by atoms with E-state index < -0.39 is 0 Å². The molecule has 0 spiro atoms. The number of hydrogen-bond acceptors (Lipinski definition) is 3. The highest BCUT2D eigenvalue weighted by Gasteiger charge is 2.03. The van der Waals surface area contributed by atoms with Gasteiger partial charge in [0, 0.05) is 18.0 Å². The van der Waals surface area contributed by atoms with Gasteiger partial charge in [0.05, 0.1) is 12.7 Å². The normalized spacial score (nSPS) is 10.7. The fraction of sp³-hybridized carbons (Fsp3) is 0.409. The molecule has 0 unspecified atom stereocenters. The summed E-state index contributed by atoms with van der Waals surface area (Å²) in [6.07, 6.45) is 3.13. The van der Waals surface area contributed by atoms with E-state index in [0.29, 0.717) is 31.0 Å². The maximum atomic E-state index is 11.9. The lowest BCUT2D eigenvalue weighted by Gasteiger charge is -2.11. The molecule has 27 heavy (non-hydrogen) atoms. The predicted molar refractivity (Wildman–Crippen MR) is 110 cm³/mol. The molecule has 1 amide bonds. The average molecular weight is 390 g/mol. The van der Waals surface area contributed by atoms with Gasteiger partial charge >= 0.3 is 0 Å². The van der Waals surface area contributed by atoms with Crippen molar-refractivity contribution in [2.45, 2.75) is 45.6 Å². The van der Waals surface area contributed by atoms with E-state index in [2.05, 4.69) is 17.4 Å². The summed E-state index contributed by atoms with van der Waals surface area (Å²) in [5.41, 5.74) is 1.22. The van der Waals surface area contributed by atoms with Gasteiger partial charge < -0.3 is 14.8 Å². The van der Waals surface area contributed by atoms with Crippen molar-refractivity contribution in [2.75, 3.05) is 13.2 Å². The molecular weight excluding hydrogens is 362 g/mol. The minimum absolute atomic E-state index is 0.0617. The Morgan fingerprint density at radius 1 is 1.07 bits per heavy atom. The number of carbonyl (C=O) groups excluding carboxylic acids is 1. The SMILES string of the molecule is CC(C)Oc1cccc(CCCNC(=O)CCCOc2ccc(Cl)cc2)c1. The first kappa shape index (κ1) is 21.1. The molecule has 0 atom stereocenters. The van der Waals surface area contributed by atoms with Crippen molar-refractivity contribution in [1.29, 1.82) is 0 Å². The second-order valence-corrected chi connectivity index (χ2v) is 7.11. The van der Waals surface area contributed by atoms with Crippen molar-refractivity contribution in [1.82, 2.24) is 5.32 Å². The van der Waals surface area contributed by atoms with Crippen LogP contribution in [0.15, 0.2) is 48.5 Å². The van der Waals surface area contributed by atoms with Crippen molar-refractivity contribution in [3.8, 4) is 11.5 Å². The summed E-state index contributed by atoms with van der Waals surface area (Å²) < 4.78 is 11.3. The molecule has 0 aliphatic heterocycles. The van der Waals surface area contributed by atoms with Gasteiger partial charge in [-0.05, 0) is 75.1 Å². The predicted octanol–water partition coefficient (Wildman–Crippen LogP) is 5.04. The van der Waals surface area contributed by atoms with Gasteiger partial charge in [-0.1, -0.05) is 23.7 Å². The standard InChI is InChI=1S/C22H28ClNO3/c1-17(2)27-21-8-3-6-18(16-21)7-4-14-24-22(25)9-5-15-26-20-12-10-19(23)11-13-20/h3,6,8,10-13,16-17H,4-5,7,9,14-15H2,1-2H3,(H,24,25). The molecule has 0 aromatic heterocycles. The van der Waals surface area contributed by atoms with Crippen LogP contribution in [0, 0.1) is 0 Å². The van der Waals surface area contributed by atoms with Gasteiger partial charge in [0.15, 0.2) is 0 Å². The molecule has 2 aromatic carbocycles. The summed E-state index contributed by atoms with van der Waals surface area (Å²) in [5, 5.41) is 3.64. The zero-order chi connectivity index (χ0) is 19.5. The minimum atomic E-state index is 0.0617. The summed E-state index contributed by atoms with van der Waals surface area (Å²) in [6.45, 7) is 5.22. The van der Waals surface area contributed by atoms with Crippen LogP contribution in [0.25, 0.3) is 0 Å². The Bertz CT molecular complexity index is 701. The minimum Gasteiger partial charge on any atom is -0.494 e. The largest absolute Gasteiger partial charge is 0.494 e. The number of nitrogens with one attached hydrogen (secondary N) is 1. The Kier molecular flexibility index (Phi) is 8.99. The quantitative estimate of drug-likeness (QED) is 0.548. The first-order chi connectivity index (χ1) is 13.0. The molecule has 146 valence electrons. The Morgan fingerprint density at radius 2 is 1.85 bits per heavy atom. The van der Waals surface area contributed by atoms with Gasteiger partial charge in [0.25, 0.3) is 0 Å². The lowest BCUT2D eigenvalue weighted by molar-refractivity contribution is -0.121. The van der Waals surface area contributed by atoms with Gasteiger partial charge in [-0.25, -0.2) is 0 Å². The summed E-state index contributed by atoms with van der Waals surface area (Å²) in [7, 11) is 0. The molecule has 0 saturated heterocycles. The van der Waals surface area contributed by atoms with Crippen LogP contribution in [0.5, 0.6) is 11.5 Å². The molecule has 2 aromatic rings. The van der Waals surface area contributed by atoms with Gasteiger partial charge in [-0.3, -0.25) is 4.79 Å². The zero-order valence-electron chi connectivity index (χ0n) is 16.0. The third-order valence-electron chi connectivity index (χ3n) is 3.87. The molecule has 0 aliphatic rings. The average Bonchev–Trinajstić information content (AvgIpc) is 2.64. The van der Waals surface area contributed by atoms with Crippen LogP contribution in [0.4, 0.5) is 0 Å². The molecule has 0 aliphatic carbocycles. The number of carbonyl (C=O) groups is 1. The molecule has 5 heteroatoms. The monoisotopic (exact) mass is 389 g/mol. The van der Waals surface area contributed by atoms with Gasteiger partial charge in [-0.15, -0.1) is 0 Å². The number of benzene rings is 2. The molecule has 0 saturated carbocycles. The smallest absolute Gasteiger partial charge is 0.220 e. The van der Waals surface area contributed by atoms with E-state index in [1.54, 1.807) is 12.1 Å². The van der Waals surface area contributed by atoms with Crippen LogP contribution in [0.2, 0.25) is 5.02 Å². The molecule has 4 nitrogen and oxygen atoms in total. The number of amides is 1. The van der Waals surface area contributed by atoms with Gasteiger partial charge in [0.2, 0.25) is 5.91 Å². The topological polar surface area (TPSA) is 47.6 Å². The highest BCUT2D eigenvalue weighted by Crippen LogP contribution is 2.16. The maximum absolute atomic E-state index is 11.9. The lowest BCUT2D eigenvalue weighted by atomic mass is 10.1. The molecule has 0 radical (unpaired) electrons. The van der Waals surface area contributed by atoms with Gasteiger partial charge in [-0.2, -0.15) is 0 Å². The Labute approximate surface area is 166 Å². The summed E-state index contributed by atoms with van der Waals surface area (Å²) in [6, 6.07) is 15.3. The highest BCUT2D eigenvalue weighted by molar-refractivity contribution is 6.30. The van der Waals surface area contributed by atoms with Crippen molar-refractivity contribution < 1.29 is 14.3 Å². The van der Waals surface area contributed by atoms with Crippen molar-refractivity contribution >= 4 is 17.5 Å². The second kappa shape index (κ2) is 11.5. The number of aryl methyl sites for hydroxylation is 1. The van der Waals surface area contributed by atoms with E-state index in [4.69, 9.17) is 21.1 Å². The van der Waals surface area contributed by atoms with Crippen LogP contribution < -0.4 is 14.8 Å². The van der Waals surface area contributed by atoms with E-state index in [0.717, 1.165) is 24.3 Å². The number of ether oxygens (including phenoxy) is 2. The molecule has 2 rings (SSSR count). The molecule has 0 bridgehead atoms. The van der Waals surface area contributed by atoms with Crippen LogP contribution in [0.3, 0.4) is 0 Å². The Hall–Kier alpha value is -2.20. The third kappa shape index (κ3) is 8.83. The number of hydrogen-bond donors (Lipinski definition) is 1. The fourth-order valence-corrected chi connectivity index (χ4v) is 2.73. The Balaban J connectivity index is 1.56. The maximum Gasteiger partial charge on any atom is 0.220 e. The summed E-state index contributed by atoms with van der Waals surface area (Å²) in [4.78, 5) is 11.9. The van der Waals surface area contributed by atoms with Gasteiger partial charge in [0.1, 0.15) is 11.5 Å². The molecular formula is C22H28ClNO3. The van der Waals surface area contributed by atoms with Crippen LogP contribution in [0.1, 0.15) is 38.7 Å². The third-order valence-corrected chi connectivity index (χ3v) is 4.12. The van der Waals surface area contributed by atoms with Crippen molar-refractivity contribution in [3.05, 3.63) is 59.1 Å². The van der Waals surface area contributed by atoms with E-state index in [1.807, 2.05) is 38.1 Å². The van der Waals surface area contributed by atoms with E-state index >= 15 is 0 Å². The number of halogens is 1. The summed E-state index contributed by atoms with van der Waals surface area (Å²) in [5.74, 6) is 1.72. The zero-order valence-corrected chi connectivity index (χ0v) is 16.8. The molecule has 0 fully saturated rings. The van der Waals surface area contributed by atoms with Crippen LogP contribution in [-0.4, -0.2) is 25.2 Å². The fourth-order valence-electron chi connectivity index (χ4n) is 2.61. The summed E-state index contributed by atoms with van der Waals surface area (Å²) >= 11 is 5.83. The lowest BCUT2D eigenvalue weighted by Crippen LogP contribution is -2.24. The van der Waals surface area contributed by atoms with Crippen molar-refractivity contribution in [2.24, 2.45) is 0 Å². The molecule has 0 heterocycles. The van der Waals surface area contributed by atoms with E-state index in [9.17, 15) is 4.79 Å². The molecule has 1 N–H and O–H groups in total. The van der Waals surface area contributed by atoms with Crippen molar-refractivity contribution in [3.63, 3.8) is 0 Å². The van der Waals surface area contributed by atoms with Crippen LogP contribution in [-0.2, 0) is 11.2 Å². The number of rotatable bonds is 11. The first-order valence-corrected chi connectivity index (χ1v) is 9.81.